The molecule has 2 aromatic rings. The second kappa shape index (κ2) is 6.08. The molecule has 1 aromatic heterocycles. The van der Waals surface area contributed by atoms with Crippen molar-refractivity contribution in [2.75, 3.05) is 6.54 Å². The minimum Gasteiger partial charge on any atom is -0.330 e. The van der Waals surface area contributed by atoms with Crippen LogP contribution in [0.1, 0.15) is 5.01 Å². The first kappa shape index (κ1) is 13.3. The normalized spacial score (nSPS) is 9.88. The van der Waals surface area contributed by atoms with Gasteiger partial charge in [0, 0.05) is 17.4 Å². The zero-order valence-corrected chi connectivity index (χ0v) is 11.0. The third kappa shape index (κ3) is 2.87. The number of benzene rings is 1. The zero-order chi connectivity index (χ0) is 10.7. The van der Waals surface area contributed by atoms with Gasteiger partial charge in [-0.1, -0.05) is 12.1 Å². The van der Waals surface area contributed by atoms with Gasteiger partial charge in [-0.25, -0.2) is 9.37 Å². The van der Waals surface area contributed by atoms with E-state index in [0.717, 1.165) is 11.4 Å². The van der Waals surface area contributed by atoms with Crippen molar-refractivity contribution in [3.63, 3.8) is 0 Å². The van der Waals surface area contributed by atoms with Gasteiger partial charge in [0.15, 0.2) is 0 Å². The third-order valence-electron chi connectivity index (χ3n) is 2.06. The molecule has 0 saturated heterocycles. The molecule has 0 radical (unpaired) electrons. The highest BCUT2D eigenvalue weighted by molar-refractivity contribution is 8.93. The highest BCUT2D eigenvalue weighted by atomic mass is 79.9. The van der Waals surface area contributed by atoms with Crippen molar-refractivity contribution in [1.82, 2.24) is 4.98 Å². The molecule has 86 valence electrons. The third-order valence-corrected chi connectivity index (χ3v) is 2.97. The van der Waals surface area contributed by atoms with Crippen molar-refractivity contribution in [3.8, 4) is 11.3 Å². The van der Waals surface area contributed by atoms with Gasteiger partial charge in [-0.15, -0.1) is 28.3 Å². The summed E-state index contributed by atoms with van der Waals surface area (Å²) in [7, 11) is 0. The molecule has 0 atom stereocenters. The average Bonchev–Trinajstić information content (AvgIpc) is 2.68. The van der Waals surface area contributed by atoms with E-state index in [1.54, 1.807) is 18.2 Å². The molecule has 1 heterocycles. The van der Waals surface area contributed by atoms with Crippen molar-refractivity contribution in [2.24, 2.45) is 5.73 Å². The average molecular weight is 303 g/mol. The first-order chi connectivity index (χ1) is 7.31. The molecule has 0 amide bonds. The lowest BCUT2D eigenvalue weighted by Gasteiger charge is -1.97. The monoisotopic (exact) mass is 302 g/mol. The fourth-order valence-electron chi connectivity index (χ4n) is 1.34. The van der Waals surface area contributed by atoms with Crippen molar-refractivity contribution in [1.29, 1.82) is 0 Å². The summed E-state index contributed by atoms with van der Waals surface area (Å²) in [5, 5.41) is 2.82. The molecule has 0 saturated carbocycles. The van der Waals surface area contributed by atoms with Crippen molar-refractivity contribution in [2.45, 2.75) is 6.42 Å². The fraction of sp³-hybridized carbons (Fsp3) is 0.182. The van der Waals surface area contributed by atoms with Gasteiger partial charge < -0.3 is 5.73 Å². The molecule has 0 aliphatic rings. The summed E-state index contributed by atoms with van der Waals surface area (Å²) in [5.74, 6) is -0.234. The fourth-order valence-corrected chi connectivity index (χ4v) is 2.16. The van der Waals surface area contributed by atoms with E-state index in [-0.39, 0.29) is 22.8 Å². The number of halogens is 2. The highest BCUT2D eigenvalue weighted by Crippen LogP contribution is 2.24. The van der Waals surface area contributed by atoms with Crippen LogP contribution in [0.15, 0.2) is 29.6 Å². The topological polar surface area (TPSA) is 38.9 Å². The van der Waals surface area contributed by atoms with E-state index < -0.39 is 0 Å². The van der Waals surface area contributed by atoms with E-state index in [2.05, 4.69) is 4.98 Å². The van der Waals surface area contributed by atoms with Crippen LogP contribution in [-0.2, 0) is 6.42 Å². The van der Waals surface area contributed by atoms with Gasteiger partial charge >= 0.3 is 0 Å². The zero-order valence-electron chi connectivity index (χ0n) is 8.52. The smallest absolute Gasteiger partial charge is 0.132 e. The van der Waals surface area contributed by atoms with Crippen LogP contribution >= 0.6 is 28.3 Å². The molecule has 2 nitrogen and oxygen atoms in total. The summed E-state index contributed by atoms with van der Waals surface area (Å²) in [4.78, 5) is 4.33. The van der Waals surface area contributed by atoms with Crippen LogP contribution in [0.4, 0.5) is 4.39 Å². The molecular weight excluding hydrogens is 291 g/mol. The number of aromatic nitrogens is 1. The quantitative estimate of drug-likeness (QED) is 0.946. The second-order valence-electron chi connectivity index (χ2n) is 3.15. The second-order valence-corrected chi connectivity index (χ2v) is 4.09. The Kier molecular flexibility index (Phi) is 5.05. The van der Waals surface area contributed by atoms with Crippen molar-refractivity contribution in [3.05, 3.63) is 40.5 Å². The van der Waals surface area contributed by atoms with Crippen LogP contribution in [0.5, 0.6) is 0 Å². The molecule has 2 N–H and O–H groups in total. The number of hydrogen-bond donors (Lipinski definition) is 1. The van der Waals surface area contributed by atoms with E-state index in [1.165, 1.54) is 17.4 Å². The van der Waals surface area contributed by atoms with Gasteiger partial charge in [-0.3, -0.25) is 0 Å². The van der Waals surface area contributed by atoms with Gasteiger partial charge in [-0.2, -0.15) is 0 Å². The van der Waals surface area contributed by atoms with Gasteiger partial charge in [-0.05, 0) is 18.7 Å². The molecule has 0 spiro atoms. The van der Waals surface area contributed by atoms with Crippen LogP contribution in [-0.4, -0.2) is 11.5 Å². The minimum atomic E-state index is -0.234. The van der Waals surface area contributed by atoms with E-state index in [0.29, 0.717) is 17.8 Å². The lowest BCUT2D eigenvalue weighted by Crippen LogP contribution is -2.02. The Morgan fingerprint density at radius 1 is 1.31 bits per heavy atom. The Labute approximate surface area is 108 Å². The van der Waals surface area contributed by atoms with Crippen molar-refractivity contribution < 1.29 is 4.39 Å². The molecule has 5 heteroatoms. The maximum atomic E-state index is 13.4. The van der Waals surface area contributed by atoms with Crippen molar-refractivity contribution >= 4 is 28.3 Å². The van der Waals surface area contributed by atoms with E-state index in [9.17, 15) is 4.39 Å². The number of nitrogens with zero attached hydrogens (tertiary/aromatic N) is 1. The highest BCUT2D eigenvalue weighted by Gasteiger charge is 2.07. The number of thiazole rings is 1. The summed E-state index contributed by atoms with van der Waals surface area (Å²) < 4.78 is 13.4. The molecule has 0 aliphatic carbocycles. The van der Waals surface area contributed by atoms with Crippen LogP contribution in [0, 0.1) is 5.82 Å². The predicted octanol–water partition coefficient (Wildman–Crippen LogP) is 3.03. The van der Waals surface area contributed by atoms with Gasteiger partial charge in [0.1, 0.15) is 5.82 Å². The summed E-state index contributed by atoms with van der Waals surface area (Å²) in [6.45, 7) is 0.574. The van der Waals surface area contributed by atoms with Gasteiger partial charge in [0.05, 0.1) is 10.7 Å². The molecule has 0 unspecified atom stereocenters. The summed E-state index contributed by atoms with van der Waals surface area (Å²) in [5.41, 5.74) is 6.68. The molecule has 0 aliphatic heterocycles. The van der Waals surface area contributed by atoms with Crippen LogP contribution in [0.3, 0.4) is 0 Å². The van der Waals surface area contributed by atoms with E-state index in [4.69, 9.17) is 5.73 Å². The molecule has 16 heavy (non-hydrogen) atoms. The first-order valence-electron chi connectivity index (χ1n) is 4.70. The predicted molar refractivity (Wildman–Crippen MR) is 70.6 cm³/mol. The summed E-state index contributed by atoms with van der Waals surface area (Å²) in [6.07, 6.45) is 0.749. The number of rotatable bonds is 3. The summed E-state index contributed by atoms with van der Waals surface area (Å²) in [6, 6.07) is 6.65. The maximum Gasteiger partial charge on any atom is 0.132 e. The van der Waals surface area contributed by atoms with Gasteiger partial charge in [0.2, 0.25) is 0 Å². The molecule has 0 bridgehead atoms. The minimum absolute atomic E-state index is 0. The molecule has 0 fully saturated rings. The Bertz CT molecular complexity index is 459. The van der Waals surface area contributed by atoms with Gasteiger partial charge in [0.25, 0.3) is 0 Å². The summed E-state index contributed by atoms with van der Waals surface area (Å²) >= 11 is 1.52. The van der Waals surface area contributed by atoms with Crippen LogP contribution < -0.4 is 5.73 Å². The Hall–Kier alpha value is -0.780. The largest absolute Gasteiger partial charge is 0.330 e. The first-order valence-corrected chi connectivity index (χ1v) is 5.58. The van der Waals surface area contributed by atoms with Crippen LogP contribution in [0.25, 0.3) is 11.3 Å². The lowest BCUT2D eigenvalue weighted by molar-refractivity contribution is 0.631. The molecule has 1 aromatic carbocycles. The Morgan fingerprint density at radius 3 is 2.75 bits per heavy atom. The van der Waals surface area contributed by atoms with Crippen LogP contribution in [0.2, 0.25) is 0 Å². The standard InChI is InChI=1S/C11H11FN2S.BrH/c12-9-4-2-1-3-8(9)10-7-15-11(14-10)5-6-13;/h1-4,7H,5-6,13H2;1H. The molecule has 2 rings (SSSR count). The lowest BCUT2D eigenvalue weighted by atomic mass is 10.1. The van der Waals surface area contributed by atoms with E-state index in [1.807, 2.05) is 5.38 Å². The number of hydrogen-bond acceptors (Lipinski definition) is 3. The maximum absolute atomic E-state index is 13.4. The Balaban J connectivity index is 0.00000128. The molecular formula is C11H12BrFN2S. The SMILES string of the molecule is Br.NCCc1nc(-c2ccccc2F)cs1. The number of nitrogens with two attached hydrogens (primary N) is 1. The van der Waals surface area contributed by atoms with E-state index >= 15 is 0 Å². The Morgan fingerprint density at radius 2 is 2.06 bits per heavy atom.